The van der Waals surface area contributed by atoms with Gasteiger partial charge in [-0.05, 0) is 53.4 Å². The van der Waals surface area contributed by atoms with Gasteiger partial charge in [-0.15, -0.1) is 0 Å². The number of amides is 1. The molecule has 1 saturated heterocycles. The molecule has 0 saturated carbocycles. The lowest BCUT2D eigenvalue weighted by molar-refractivity contribution is -0.0380. The molecule has 0 atom stereocenters. The molecule has 144 valence electrons. The van der Waals surface area contributed by atoms with Gasteiger partial charge in [-0.3, -0.25) is 0 Å². The maximum absolute atomic E-state index is 12.2. The van der Waals surface area contributed by atoms with Crippen molar-refractivity contribution in [1.29, 1.82) is 0 Å². The molecule has 1 rings (SSSR count). The fourth-order valence-corrected chi connectivity index (χ4v) is 3.23. The molecule has 0 aromatic carbocycles. The highest BCUT2D eigenvalue weighted by Crippen LogP contribution is 2.35. The first-order valence-corrected chi connectivity index (χ1v) is 8.56. The van der Waals surface area contributed by atoms with Crippen LogP contribution in [0, 0.1) is 5.92 Å². The first kappa shape index (κ1) is 21.2. The largest absolute Gasteiger partial charge is 0.444 e. The van der Waals surface area contributed by atoms with Crippen LogP contribution in [0.15, 0.2) is 10.3 Å². The number of piperidine rings is 1. The summed E-state index contributed by atoms with van der Waals surface area (Å²) < 4.78 is 5.38. The van der Waals surface area contributed by atoms with Crippen LogP contribution in [-0.4, -0.2) is 62.2 Å². The summed E-state index contributed by atoms with van der Waals surface area (Å²) in [6, 6.07) is 0. The Bertz CT molecular complexity index is 497. The van der Waals surface area contributed by atoms with Crippen molar-refractivity contribution in [3.05, 3.63) is 0 Å². The molecule has 0 aromatic rings. The third-order valence-electron chi connectivity index (χ3n) is 4.37. The second-order valence-corrected chi connectivity index (χ2v) is 7.87. The molecular formula is C17H31N3O5. The Balaban J connectivity index is 2.79. The molecule has 1 aliphatic heterocycles. The summed E-state index contributed by atoms with van der Waals surface area (Å²) in [4.78, 5) is 13.8. The summed E-state index contributed by atoms with van der Waals surface area (Å²) in [5, 5.41) is 35.3. The van der Waals surface area contributed by atoms with E-state index in [1.54, 1.807) is 18.7 Å². The number of ether oxygens (including phenoxy) is 1. The molecule has 1 aliphatic rings. The van der Waals surface area contributed by atoms with Gasteiger partial charge in [0.25, 0.3) is 0 Å². The van der Waals surface area contributed by atoms with Gasteiger partial charge >= 0.3 is 6.09 Å². The fraction of sp³-hybridized carbons (Fsp3) is 0.824. The van der Waals surface area contributed by atoms with Crippen LogP contribution in [0.1, 0.15) is 60.3 Å². The van der Waals surface area contributed by atoms with Crippen LogP contribution in [0.2, 0.25) is 0 Å². The van der Waals surface area contributed by atoms with Crippen molar-refractivity contribution in [3.8, 4) is 0 Å². The van der Waals surface area contributed by atoms with Crippen LogP contribution < -0.4 is 0 Å². The van der Waals surface area contributed by atoms with E-state index in [0.717, 1.165) is 0 Å². The molecule has 25 heavy (non-hydrogen) atoms. The molecule has 0 radical (unpaired) electrons. The third kappa shape index (κ3) is 6.53. The Hall–Kier alpha value is -1.83. The minimum atomic E-state index is -1.19. The van der Waals surface area contributed by atoms with Crippen molar-refractivity contribution in [2.24, 2.45) is 16.2 Å². The summed E-state index contributed by atoms with van der Waals surface area (Å²) in [7, 11) is 0. The van der Waals surface area contributed by atoms with Gasteiger partial charge in [0.15, 0.2) is 0 Å². The quantitative estimate of drug-likeness (QED) is 0.397. The first-order valence-electron chi connectivity index (χ1n) is 8.56. The molecule has 0 bridgehead atoms. The lowest BCUT2D eigenvalue weighted by Crippen LogP contribution is -2.49. The molecule has 0 aliphatic carbocycles. The zero-order valence-corrected chi connectivity index (χ0v) is 15.8. The summed E-state index contributed by atoms with van der Waals surface area (Å²) in [5.74, 6) is -0.111. The molecule has 1 amide bonds. The highest BCUT2D eigenvalue weighted by Gasteiger charge is 2.40. The SMILES string of the molecule is C/C(CC(O)(C/C(C)=N/O)C1CCN(C(=O)OC(C)(C)C)CC1)=N\O. The van der Waals surface area contributed by atoms with Crippen LogP contribution in [0.5, 0.6) is 0 Å². The topological polar surface area (TPSA) is 115 Å². The molecule has 3 N–H and O–H groups in total. The first-order chi connectivity index (χ1) is 11.5. The number of nitrogens with zero attached hydrogens (tertiary/aromatic N) is 3. The van der Waals surface area contributed by atoms with E-state index < -0.39 is 11.2 Å². The van der Waals surface area contributed by atoms with Gasteiger partial charge in [-0.25, -0.2) is 4.79 Å². The number of oxime groups is 2. The van der Waals surface area contributed by atoms with Gasteiger partial charge in [0.1, 0.15) is 5.60 Å². The summed E-state index contributed by atoms with van der Waals surface area (Å²) in [5.41, 5.74) is -0.921. The van der Waals surface area contributed by atoms with E-state index in [2.05, 4.69) is 10.3 Å². The maximum Gasteiger partial charge on any atom is 0.410 e. The lowest BCUT2D eigenvalue weighted by atomic mass is 9.74. The standard InChI is InChI=1S/C17H31N3O5/c1-12(18-23)10-17(22,11-13(2)19-24)14-6-8-20(9-7-14)15(21)25-16(3,4)5/h14,22-24H,6-11H2,1-5H3/b18-12+,19-13+. The monoisotopic (exact) mass is 357 g/mol. The Labute approximate surface area is 149 Å². The van der Waals surface area contributed by atoms with E-state index in [4.69, 9.17) is 15.2 Å². The van der Waals surface area contributed by atoms with Gasteiger partial charge in [-0.2, -0.15) is 0 Å². The zero-order valence-electron chi connectivity index (χ0n) is 15.8. The van der Waals surface area contributed by atoms with Crippen LogP contribution in [0.3, 0.4) is 0 Å². The minimum Gasteiger partial charge on any atom is -0.444 e. The van der Waals surface area contributed by atoms with E-state index in [9.17, 15) is 9.90 Å². The van der Waals surface area contributed by atoms with E-state index in [0.29, 0.717) is 37.4 Å². The van der Waals surface area contributed by atoms with Crippen molar-refractivity contribution < 1.29 is 25.1 Å². The second-order valence-electron chi connectivity index (χ2n) is 7.87. The van der Waals surface area contributed by atoms with Crippen molar-refractivity contribution in [2.75, 3.05) is 13.1 Å². The summed E-state index contributed by atoms with van der Waals surface area (Å²) >= 11 is 0. The number of carbonyl (C=O) groups excluding carboxylic acids is 1. The van der Waals surface area contributed by atoms with Gasteiger partial charge in [-0.1, -0.05) is 10.3 Å². The molecule has 1 fully saturated rings. The number of hydrogen-bond donors (Lipinski definition) is 3. The van der Waals surface area contributed by atoms with Gasteiger partial charge in [0.2, 0.25) is 0 Å². The number of hydrogen-bond acceptors (Lipinski definition) is 7. The zero-order chi connectivity index (χ0) is 19.3. The predicted molar refractivity (Wildman–Crippen MR) is 94.5 cm³/mol. The van der Waals surface area contributed by atoms with Crippen molar-refractivity contribution >= 4 is 17.5 Å². The average Bonchev–Trinajstić information content (AvgIpc) is 2.53. The third-order valence-corrected chi connectivity index (χ3v) is 4.37. The number of aliphatic hydroxyl groups is 1. The molecular weight excluding hydrogens is 326 g/mol. The van der Waals surface area contributed by atoms with E-state index in [1.165, 1.54) is 0 Å². The summed E-state index contributed by atoms with van der Waals surface area (Å²) in [6.07, 6.45) is 1.18. The summed E-state index contributed by atoms with van der Waals surface area (Å²) in [6.45, 7) is 9.69. The van der Waals surface area contributed by atoms with E-state index in [1.807, 2.05) is 20.8 Å². The van der Waals surface area contributed by atoms with E-state index >= 15 is 0 Å². The van der Waals surface area contributed by atoms with Gasteiger partial charge in [0, 0.05) is 25.9 Å². The highest BCUT2D eigenvalue weighted by molar-refractivity contribution is 5.86. The van der Waals surface area contributed by atoms with Crippen molar-refractivity contribution in [1.82, 2.24) is 4.90 Å². The molecule has 8 nitrogen and oxygen atoms in total. The Morgan fingerprint density at radius 3 is 1.88 bits per heavy atom. The van der Waals surface area contributed by atoms with Gasteiger partial charge in [0.05, 0.1) is 17.0 Å². The van der Waals surface area contributed by atoms with Crippen molar-refractivity contribution in [2.45, 2.75) is 71.5 Å². The predicted octanol–water partition coefficient (Wildman–Crippen LogP) is 2.85. The lowest BCUT2D eigenvalue weighted by Gasteiger charge is -2.41. The smallest absolute Gasteiger partial charge is 0.410 e. The normalized spacial score (nSPS) is 20.3. The Morgan fingerprint density at radius 2 is 1.52 bits per heavy atom. The maximum atomic E-state index is 12.2. The van der Waals surface area contributed by atoms with Crippen LogP contribution in [-0.2, 0) is 4.74 Å². The number of rotatable bonds is 5. The van der Waals surface area contributed by atoms with Crippen LogP contribution in [0.25, 0.3) is 0 Å². The van der Waals surface area contributed by atoms with Crippen molar-refractivity contribution in [3.63, 3.8) is 0 Å². The fourth-order valence-electron chi connectivity index (χ4n) is 3.23. The minimum absolute atomic E-state index is 0.111. The van der Waals surface area contributed by atoms with Gasteiger partial charge < -0.3 is 25.2 Å². The second kappa shape index (κ2) is 8.51. The number of carbonyl (C=O) groups is 1. The van der Waals surface area contributed by atoms with Crippen LogP contribution >= 0.6 is 0 Å². The Morgan fingerprint density at radius 1 is 1.08 bits per heavy atom. The molecule has 0 unspecified atom stereocenters. The molecule has 8 heteroatoms. The molecule has 0 aromatic heterocycles. The van der Waals surface area contributed by atoms with Crippen LogP contribution in [0.4, 0.5) is 4.79 Å². The average molecular weight is 357 g/mol. The molecule has 0 spiro atoms. The highest BCUT2D eigenvalue weighted by atomic mass is 16.6. The van der Waals surface area contributed by atoms with E-state index in [-0.39, 0.29) is 24.9 Å². The molecule has 1 heterocycles. The number of likely N-dealkylation sites (tertiary alicyclic amines) is 1. The Kier molecular flexibility index (Phi) is 7.22.